The van der Waals surface area contributed by atoms with E-state index >= 15 is 0 Å². The number of piperazine rings is 1. The van der Waals surface area contributed by atoms with Gasteiger partial charge in [0, 0.05) is 32.2 Å². The fraction of sp³-hybridized carbons (Fsp3) is 1.00. The second kappa shape index (κ2) is 6.84. The molecule has 0 aromatic carbocycles. The normalized spacial score (nSPS) is 25.2. The highest BCUT2D eigenvalue weighted by Crippen LogP contribution is 2.15. The molecule has 1 fully saturated rings. The number of sulfonamides is 1. The second-order valence-corrected chi connectivity index (χ2v) is 7.60. The van der Waals surface area contributed by atoms with Gasteiger partial charge in [0.05, 0.1) is 5.25 Å². The molecule has 2 unspecified atom stereocenters. The summed E-state index contributed by atoms with van der Waals surface area (Å²) < 4.78 is 26.4. The molecule has 2 atom stereocenters. The Kier molecular flexibility index (Phi) is 6.04. The minimum Gasteiger partial charge on any atom is -0.315 e. The van der Waals surface area contributed by atoms with Crippen LogP contribution in [0, 0.1) is 0 Å². The van der Waals surface area contributed by atoms with Crippen molar-refractivity contribution in [2.24, 2.45) is 0 Å². The molecule has 1 rings (SSSR count). The van der Waals surface area contributed by atoms with E-state index in [1.54, 1.807) is 11.2 Å². The zero-order valence-electron chi connectivity index (χ0n) is 12.0. The molecule has 108 valence electrons. The zero-order chi connectivity index (χ0) is 13.8. The van der Waals surface area contributed by atoms with Gasteiger partial charge in [0.2, 0.25) is 10.0 Å². The zero-order valence-corrected chi connectivity index (χ0v) is 12.8. The summed E-state index contributed by atoms with van der Waals surface area (Å²) in [6.45, 7) is 9.39. The third-order valence-electron chi connectivity index (χ3n) is 3.65. The first-order valence-electron chi connectivity index (χ1n) is 6.79. The molecule has 0 bridgehead atoms. The Morgan fingerprint density at radius 3 is 2.61 bits per heavy atom. The molecule has 0 aromatic heterocycles. The maximum absolute atomic E-state index is 12.4. The predicted octanol–water partition coefficient (Wildman–Crippen LogP) is 0.340. The predicted molar refractivity (Wildman–Crippen MR) is 75.2 cm³/mol. The molecule has 1 aliphatic rings. The van der Waals surface area contributed by atoms with Crippen LogP contribution in [-0.4, -0.2) is 68.7 Å². The van der Waals surface area contributed by atoms with Crippen LogP contribution < -0.4 is 5.32 Å². The van der Waals surface area contributed by atoms with Gasteiger partial charge in [-0.25, -0.2) is 8.42 Å². The fourth-order valence-electron chi connectivity index (χ4n) is 2.09. The van der Waals surface area contributed by atoms with Crippen LogP contribution in [0.1, 0.15) is 27.2 Å². The van der Waals surface area contributed by atoms with Gasteiger partial charge in [-0.1, -0.05) is 6.92 Å². The lowest BCUT2D eigenvalue weighted by Gasteiger charge is -2.38. The molecule has 6 heteroatoms. The molecule has 1 heterocycles. The number of hydrogen-bond donors (Lipinski definition) is 1. The number of rotatable bonds is 6. The largest absolute Gasteiger partial charge is 0.315 e. The Morgan fingerprint density at radius 1 is 1.39 bits per heavy atom. The topological polar surface area (TPSA) is 52.7 Å². The van der Waals surface area contributed by atoms with Crippen molar-refractivity contribution in [3.05, 3.63) is 0 Å². The van der Waals surface area contributed by atoms with Crippen molar-refractivity contribution in [3.63, 3.8) is 0 Å². The lowest BCUT2D eigenvalue weighted by Crippen LogP contribution is -2.54. The van der Waals surface area contributed by atoms with Gasteiger partial charge in [0.15, 0.2) is 0 Å². The lowest BCUT2D eigenvalue weighted by molar-refractivity contribution is 0.159. The minimum atomic E-state index is -3.15. The SMILES string of the molecule is CCCNCC(C)S(=O)(=O)N1CCN(C)C(C)C1. The van der Waals surface area contributed by atoms with Gasteiger partial charge in [-0.2, -0.15) is 4.31 Å². The molecule has 1 aliphatic heterocycles. The Balaban J connectivity index is 2.57. The number of nitrogens with one attached hydrogen (secondary N) is 1. The maximum Gasteiger partial charge on any atom is 0.218 e. The molecule has 0 aliphatic carbocycles. The van der Waals surface area contributed by atoms with Crippen molar-refractivity contribution in [1.82, 2.24) is 14.5 Å². The molecule has 0 radical (unpaired) electrons. The van der Waals surface area contributed by atoms with Gasteiger partial charge < -0.3 is 10.2 Å². The molecular weight excluding hydrogens is 250 g/mol. The first-order chi connectivity index (χ1) is 8.39. The van der Waals surface area contributed by atoms with Crippen LogP contribution in [-0.2, 0) is 10.0 Å². The van der Waals surface area contributed by atoms with Gasteiger partial charge in [0.1, 0.15) is 0 Å². The molecule has 0 spiro atoms. The summed E-state index contributed by atoms with van der Waals surface area (Å²) in [4.78, 5) is 2.20. The van der Waals surface area contributed by atoms with Crippen LogP contribution in [0.5, 0.6) is 0 Å². The second-order valence-electron chi connectivity index (χ2n) is 5.25. The maximum atomic E-state index is 12.4. The van der Waals surface area contributed by atoms with Crippen molar-refractivity contribution in [1.29, 1.82) is 0 Å². The van der Waals surface area contributed by atoms with E-state index in [0.717, 1.165) is 19.5 Å². The van der Waals surface area contributed by atoms with E-state index < -0.39 is 10.0 Å². The molecule has 18 heavy (non-hydrogen) atoms. The van der Waals surface area contributed by atoms with Crippen molar-refractivity contribution in [3.8, 4) is 0 Å². The highest BCUT2D eigenvalue weighted by Gasteiger charge is 2.33. The van der Waals surface area contributed by atoms with Gasteiger partial charge >= 0.3 is 0 Å². The monoisotopic (exact) mass is 277 g/mol. The van der Waals surface area contributed by atoms with E-state index in [2.05, 4.69) is 24.1 Å². The number of nitrogens with zero attached hydrogens (tertiary/aromatic N) is 2. The third-order valence-corrected chi connectivity index (χ3v) is 5.88. The quantitative estimate of drug-likeness (QED) is 0.711. The highest BCUT2D eigenvalue weighted by atomic mass is 32.2. The average Bonchev–Trinajstić information content (AvgIpc) is 2.32. The molecule has 5 nitrogen and oxygen atoms in total. The smallest absolute Gasteiger partial charge is 0.218 e. The highest BCUT2D eigenvalue weighted by molar-refractivity contribution is 7.89. The van der Waals surface area contributed by atoms with Crippen LogP contribution in [0.2, 0.25) is 0 Å². The van der Waals surface area contributed by atoms with Gasteiger partial charge in [0.25, 0.3) is 0 Å². The van der Waals surface area contributed by atoms with Crippen LogP contribution in [0.15, 0.2) is 0 Å². The van der Waals surface area contributed by atoms with Crippen LogP contribution in [0.3, 0.4) is 0 Å². The molecule has 0 aromatic rings. The van der Waals surface area contributed by atoms with Gasteiger partial charge in [-0.15, -0.1) is 0 Å². The Bertz CT molecular complexity index is 345. The van der Waals surface area contributed by atoms with E-state index in [-0.39, 0.29) is 5.25 Å². The summed E-state index contributed by atoms with van der Waals surface area (Å²) >= 11 is 0. The Morgan fingerprint density at radius 2 is 2.06 bits per heavy atom. The van der Waals surface area contributed by atoms with Crippen molar-refractivity contribution in [2.45, 2.75) is 38.5 Å². The first-order valence-corrected chi connectivity index (χ1v) is 8.29. The fourth-order valence-corrected chi connectivity index (χ4v) is 3.69. The Labute approximate surface area is 112 Å². The van der Waals surface area contributed by atoms with E-state index in [1.165, 1.54) is 0 Å². The molecule has 1 N–H and O–H groups in total. The summed E-state index contributed by atoms with van der Waals surface area (Å²) in [5.74, 6) is 0. The van der Waals surface area contributed by atoms with Crippen molar-refractivity contribution in [2.75, 3.05) is 39.8 Å². The van der Waals surface area contributed by atoms with E-state index in [4.69, 9.17) is 0 Å². The molecular formula is C12H27N3O2S. The van der Waals surface area contributed by atoms with Gasteiger partial charge in [-0.3, -0.25) is 0 Å². The molecule has 0 amide bonds. The summed E-state index contributed by atoms with van der Waals surface area (Å²) in [6.07, 6.45) is 1.03. The van der Waals surface area contributed by atoms with E-state index in [9.17, 15) is 8.42 Å². The minimum absolute atomic E-state index is 0.296. The summed E-state index contributed by atoms with van der Waals surface area (Å²) in [6, 6.07) is 0.296. The third kappa shape index (κ3) is 3.91. The standard InChI is InChI=1S/C12H27N3O2S/c1-5-6-13-9-12(3)18(16,17)15-8-7-14(4)11(2)10-15/h11-13H,5-10H2,1-4H3. The van der Waals surface area contributed by atoms with E-state index in [0.29, 0.717) is 25.7 Å². The van der Waals surface area contributed by atoms with Gasteiger partial charge in [-0.05, 0) is 33.9 Å². The molecule has 1 saturated heterocycles. The molecule has 0 saturated carbocycles. The van der Waals surface area contributed by atoms with Crippen LogP contribution in [0.4, 0.5) is 0 Å². The summed E-state index contributed by atoms with van der Waals surface area (Å²) in [5.41, 5.74) is 0. The lowest BCUT2D eigenvalue weighted by atomic mass is 10.2. The van der Waals surface area contributed by atoms with Crippen molar-refractivity contribution < 1.29 is 8.42 Å². The summed E-state index contributed by atoms with van der Waals surface area (Å²) in [7, 11) is -1.11. The number of hydrogen-bond acceptors (Lipinski definition) is 4. The number of likely N-dealkylation sites (N-methyl/N-ethyl adjacent to an activating group) is 1. The average molecular weight is 277 g/mol. The van der Waals surface area contributed by atoms with Crippen LogP contribution in [0.25, 0.3) is 0 Å². The summed E-state index contributed by atoms with van der Waals surface area (Å²) in [5, 5.41) is 2.84. The Hall–Kier alpha value is -0.170. The van der Waals surface area contributed by atoms with Crippen molar-refractivity contribution >= 4 is 10.0 Å². The van der Waals surface area contributed by atoms with Crippen LogP contribution >= 0.6 is 0 Å². The first kappa shape index (κ1) is 15.9. The van der Waals surface area contributed by atoms with E-state index in [1.807, 2.05) is 7.05 Å².